The Balaban J connectivity index is -0.0000000410. The van der Waals surface area contributed by atoms with Crippen molar-refractivity contribution in [3.05, 3.63) is 86.5 Å². The smallest absolute Gasteiger partial charge is 0 e. The summed E-state index contributed by atoms with van der Waals surface area (Å²) in [6.07, 6.45) is 1.77. The molecule has 0 bridgehead atoms. The molecule has 0 saturated carbocycles. The maximum atomic E-state index is 7.50. The van der Waals surface area contributed by atoms with Crippen molar-refractivity contribution in [3.8, 4) is 0 Å². The van der Waals surface area contributed by atoms with Crippen LogP contribution in [0.4, 0.5) is 0 Å². The first-order valence-electron chi connectivity index (χ1n) is 5.67. The summed E-state index contributed by atoms with van der Waals surface area (Å²) in [5.74, 6) is 0. The van der Waals surface area contributed by atoms with Crippen LogP contribution >= 0.6 is 0 Å². The van der Waals surface area contributed by atoms with Gasteiger partial charge in [-0.05, 0) is 0 Å². The number of hydrogen-bond acceptors (Lipinski definition) is 1. The Kier molecular flexibility index (Phi) is 115. The van der Waals surface area contributed by atoms with Gasteiger partial charge in [-0.25, -0.2) is 0 Å². The molecule has 0 aliphatic heterocycles. The zero-order chi connectivity index (χ0) is 22.4. The third-order valence-corrected chi connectivity index (χ3v) is 4.28. The summed E-state index contributed by atoms with van der Waals surface area (Å²) >= 11 is 6.14. The van der Waals surface area contributed by atoms with E-state index in [2.05, 4.69) is 84.1 Å². The summed E-state index contributed by atoms with van der Waals surface area (Å²) in [6.45, 7) is 29.7. The van der Waals surface area contributed by atoms with Gasteiger partial charge in [-0.3, -0.25) is 0 Å². The first-order chi connectivity index (χ1) is 12.8. The molecule has 7 nitrogen and oxygen atoms in total. The maximum Gasteiger partial charge on any atom is 0 e. The maximum absolute atomic E-state index is 7.50. The largest absolute Gasteiger partial charge is 0 e. The normalized spacial score (nSPS) is 7.29. The molecule has 0 N–H and O–H groups in total. The quantitative estimate of drug-likeness (QED) is 0.223. The van der Waals surface area contributed by atoms with Crippen molar-refractivity contribution in [2.75, 3.05) is 6.61 Å². The van der Waals surface area contributed by atoms with Gasteiger partial charge in [-0.15, -0.1) is 0 Å². The monoisotopic (exact) mass is 600 g/mol. The van der Waals surface area contributed by atoms with Crippen LogP contribution in [0.5, 0.6) is 0 Å². The Morgan fingerprint density at radius 2 is 1.18 bits per heavy atom. The number of allylic oxidation sites excluding steroid dienone is 1. The summed E-state index contributed by atoms with van der Waals surface area (Å²) in [4.78, 5) is 0.253. The van der Waals surface area contributed by atoms with E-state index in [0.717, 1.165) is 4.47 Å². The van der Waals surface area contributed by atoms with E-state index in [1.165, 1.54) is 5.56 Å². The standard InChI is InChI=1S/C11H12OSe2.6CO.2Fe/c1-2-12-8-10(13)11(14)9-6-4-3-5-7-9;6*1-2;;/h3-8,11H,2H2,1H3;;;;;;;;/b10-8+;;;;;;;;. The summed E-state index contributed by atoms with van der Waals surface area (Å²) in [6, 6.07) is 10.3. The van der Waals surface area contributed by atoms with E-state index in [9.17, 15) is 0 Å². The van der Waals surface area contributed by atoms with Crippen LogP contribution in [0.25, 0.3) is 0 Å². The molecule has 0 saturated heterocycles. The molecular weight excluding hydrogens is 586 g/mol. The van der Waals surface area contributed by atoms with Gasteiger partial charge in [-0.2, -0.15) is 0 Å². The minimum absolute atomic E-state index is 0. The van der Waals surface area contributed by atoms with Crippen LogP contribution in [0.1, 0.15) is 17.3 Å². The topological polar surface area (TPSA) is 129 Å². The average molecular weight is 598 g/mol. The van der Waals surface area contributed by atoms with Crippen molar-refractivity contribution in [1.29, 1.82) is 0 Å². The molecule has 0 spiro atoms. The third kappa shape index (κ3) is 40.1. The summed E-state index contributed by atoms with van der Waals surface area (Å²) in [5, 5.41) is 0. The van der Waals surface area contributed by atoms with Crippen LogP contribution in [0.2, 0.25) is 0 Å². The Morgan fingerprint density at radius 3 is 1.46 bits per heavy atom. The predicted molar refractivity (Wildman–Crippen MR) is 84.0 cm³/mol. The molecule has 1 rings (SSSR count). The van der Waals surface area contributed by atoms with E-state index in [0.29, 0.717) is 6.61 Å². The number of ether oxygens (including phenoxy) is 1. The predicted octanol–water partition coefficient (Wildman–Crippen LogP) is 1.71. The Hall–Kier alpha value is -0.722. The second-order valence-corrected chi connectivity index (χ2v) is 4.74. The van der Waals surface area contributed by atoms with Crippen molar-refractivity contribution in [2.24, 2.45) is 0 Å². The number of hydrogen-bond donors (Lipinski definition) is 0. The van der Waals surface area contributed by atoms with Gasteiger partial charge in [0.25, 0.3) is 0 Å². The molecule has 0 fully saturated rings. The first-order valence-corrected chi connectivity index (χ1v) is 7.52. The van der Waals surface area contributed by atoms with Crippen LogP contribution in [0, 0.1) is 39.9 Å². The van der Waals surface area contributed by atoms with Crippen molar-refractivity contribution < 1.29 is 66.8 Å². The summed E-state index contributed by atoms with van der Waals surface area (Å²) in [5.41, 5.74) is 1.25. The van der Waals surface area contributed by atoms with Gasteiger partial charge < -0.3 is 0 Å². The molecule has 2 radical (unpaired) electrons. The fourth-order valence-electron chi connectivity index (χ4n) is 1.02. The first kappa shape index (κ1) is 50.7. The zero-order valence-corrected chi connectivity index (χ0v) is 19.8. The fourth-order valence-corrected chi connectivity index (χ4v) is 1.89. The van der Waals surface area contributed by atoms with Crippen molar-refractivity contribution in [1.82, 2.24) is 0 Å². The minimum atomic E-state index is 0. The van der Waals surface area contributed by atoms with Crippen LogP contribution in [-0.2, 0) is 66.8 Å². The van der Waals surface area contributed by atoms with E-state index in [1.54, 1.807) is 6.26 Å². The number of rotatable bonds is 4. The van der Waals surface area contributed by atoms with Crippen LogP contribution < -0.4 is 0 Å². The minimum Gasteiger partial charge on any atom is 0 e. The Bertz CT molecular complexity index is 493. The second kappa shape index (κ2) is 63.4. The van der Waals surface area contributed by atoms with Crippen molar-refractivity contribution in [2.45, 2.75) is 11.7 Å². The molecule has 0 aliphatic carbocycles. The fraction of sp³-hybridized carbons (Fsp3) is 0.176. The second-order valence-electron chi connectivity index (χ2n) is 2.77. The molecule has 0 aliphatic rings. The van der Waals surface area contributed by atoms with E-state index in [4.69, 9.17) is 32.6 Å². The summed E-state index contributed by atoms with van der Waals surface area (Å²) < 4.78 is 51.3. The molecule has 0 heterocycles. The van der Waals surface area contributed by atoms with Gasteiger partial charge in [-0.1, -0.05) is 0 Å². The van der Waals surface area contributed by atoms with Gasteiger partial charge in [0.1, 0.15) is 0 Å². The van der Waals surface area contributed by atoms with Gasteiger partial charge in [0.05, 0.1) is 0 Å². The van der Waals surface area contributed by atoms with Crippen LogP contribution in [-0.4, -0.2) is 38.6 Å². The van der Waals surface area contributed by atoms with Crippen LogP contribution in [0.3, 0.4) is 0 Å². The Labute approximate surface area is 202 Å². The molecule has 1 aromatic carbocycles. The molecule has 150 valence electrons. The molecule has 1 unspecified atom stereocenters. The summed E-state index contributed by atoms with van der Waals surface area (Å²) in [7, 11) is 0. The van der Waals surface area contributed by atoms with Gasteiger partial charge in [0.15, 0.2) is 0 Å². The third-order valence-electron chi connectivity index (χ3n) is 1.73. The van der Waals surface area contributed by atoms with Crippen molar-refractivity contribution in [3.63, 3.8) is 0 Å². The van der Waals surface area contributed by atoms with E-state index < -0.39 is 0 Å². The van der Waals surface area contributed by atoms with E-state index >= 15 is 0 Å². The molecular formula is C17H12Fe2O7Se2. The van der Waals surface area contributed by atoms with Crippen LogP contribution in [0.15, 0.2) is 41.1 Å². The molecule has 28 heavy (non-hydrogen) atoms. The molecule has 0 aromatic heterocycles. The van der Waals surface area contributed by atoms with Crippen molar-refractivity contribution >= 4 is 32.0 Å². The molecule has 1 aromatic rings. The Morgan fingerprint density at radius 1 is 0.857 bits per heavy atom. The SMILES string of the molecule is CCO/C=C(/[Se])C([Se])c1ccccc1.[C-]#[O+].[C-]#[O+].[C-]#[O+].[C-]#[O+].[C-]#[O+].[C-]#[O+].[Fe].[Fe]. The van der Waals surface area contributed by atoms with Gasteiger partial charge in [0.2, 0.25) is 0 Å². The molecule has 1 atom stereocenters. The number of benzene rings is 1. The van der Waals surface area contributed by atoms with Gasteiger partial charge in [0, 0.05) is 34.1 Å². The molecule has 0 amide bonds. The van der Waals surface area contributed by atoms with E-state index in [1.807, 2.05) is 25.1 Å². The zero-order valence-electron chi connectivity index (χ0n) is 14.1. The average Bonchev–Trinajstić information content (AvgIpc) is 2.80. The van der Waals surface area contributed by atoms with E-state index in [-0.39, 0.29) is 39.0 Å². The molecule has 11 heteroatoms. The van der Waals surface area contributed by atoms with Gasteiger partial charge >= 0.3 is 170 Å².